The van der Waals surface area contributed by atoms with Crippen molar-refractivity contribution in [3.8, 4) is 0 Å². The molecule has 1 heterocycles. The van der Waals surface area contributed by atoms with Crippen LogP contribution in [0, 0.1) is 0 Å². The maximum Gasteiger partial charge on any atom is 0.236 e. The minimum atomic E-state index is -0.355. The van der Waals surface area contributed by atoms with Gasteiger partial charge in [-0.3, -0.25) is 14.5 Å². The predicted octanol–water partition coefficient (Wildman–Crippen LogP) is -1.36. The first-order valence-corrected chi connectivity index (χ1v) is 4.34. The third kappa shape index (κ3) is 3.02. The van der Waals surface area contributed by atoms with Crippen LogP contribution < -0.4 is 5.73 Å². The fourth-order valence-corrected chi connectivity index (χ4v) is 1.31. The van der Waals surface area contributed by atoms with Gasteiger partial charge in [-0.1, -0.05) is 0 Å². The van der Waals surface area contributed by atoms with Gasteiger partial charge >= 0.3 is 0 Å². The summed E-state index contributed by atoms with van der Waals surface area (Å²) < 4.78 is 0. The summed E-state index contributed by atoms with van der Waals surface area (Å²) >= 11 is 0. The number of rotatable bonds is 3. The van der Waals surface area contributed by atoms with Crippen molar-refractivity contribution in [1.82, 2.24) is 9.80 Å². The van der Waals surface area contributed by atoms with Crippen LogP contribution in [0.2, 0.25) is 0 Å². The Hall–Kier alpha value is -1.10. The second kappa shape index (κ2) is 4.23. The van der Waals surface area contributed by atoms with Gasteiger partial charge in [0.2, 0.25) is 11.8 Å². The van der Waals surface area contributed by atoms with Gasteiger partial charge in [0.25, 0.3) is 0 Å². The molecule has 0 aromatic carbocycles. The van der Waals surface area contributed by atoms with Crippen LogP contribution in [0.25, 0.3) is 0 Å². The number of amides is 2. The average molecular weight is 185 g/mol. The van der Waals surface area contributed by atoms with Crippen molar-refractivity contribution >= 4 is 11.8 Å². The first kappa shape index (κ1) is 9.98. The Bertz CT molecular complexity index is 217. The molecule has 0 radical (unpaired) electrons. The number of carbonyl (C=O) groups is 2. The SMILES string of the molecule is CN1CCN(CCC(N)=O)C(=O)C1. The third-order valence-corrected chi connectivity index (χ3v) is 2.14. The summed E-state index contributed by atoms with van der Waals surface area (Å²) in [4.78, 5) is 25.5. The highest BCUT2D eigenvalue weighted by Crippen LogP contribution is 2.01. The molecule has 1 saturated heterocycles. The molecule has 2 N–H and O–H groups in total. The minimum Gasteiger partial charge on any atom is -0.370 e. The highest BCUT2D eigenvalue weighted by atomic mass is 16.2. The first-order valence-electron chi connectivity index (χ1n) is 4.34. The van der Waals surface area contributed by atoms with Crippen molar-refractivity contribution in [1.29, 1.82) is 0 Å². The third-order valence-electron chi connectivity index (χ3n) is 2.14. The summed E-state index contributed by atoms with van der Waals surface area (Å²) in [6.45, 7) is 2.47. The molecule has 1 rings (SSSR count). The lowest BCUT2D eigenvalue weighted by atomic mass is 10.3. The van der Waals surface area contributed by atoms with Crippen LogP contribution in [0.3, 0.4) is 0 Å². The van der Waals surface area contributed by atoms with Gasteiger partial charge in [-0.05, 0) is 7.05 Å². The number of primary amides is 1. The maximum atomic E-state index is 11.3. The van der Waals surface area contributed by atoms with E-state index in [9.17, 15) is 9.59 Å². The van der Waals surface area contributed by atoms with Gasteiger partial charge in [0.05, 0.1) is 6.54 Å². The van der Waals surface area contributed by atoms with E-state index in [4.69, 9.17) is 5.73 Å². The van der Waals surface area contributed by atoms with Crippen molar-refractivity contribution in [2.45, 2.75) is 6.42 Å². The summed E-state index contributed by atoms with van der Waals surface area (Å²) in [5.74, 6) is -0.276. The smallest absolute Gasteiger partial charge is 0.236 e. The van der Waals surface area contributed by atoms with Gasteiger partial charge in [-0.2, -0.15) is 0 Å². The Morgan fingerprint density at radius 1 is 1.54 bits per heavy atom. The lowest BCUT2D eigenvalue weighted by molar-refractivity contribution is -0.135. The van der Waals surface area contributed by atoms with Crippen molar-refractivity contribution in [3.63, 3.8) is 0 Å². The zero-order valence-corrected chi connectivity index (χ0v) is 7.82. The van der Waals surface area contributed by atoms with E-state index in [1.165, 1.54) is 0 Å². The van der Waals surface area contributed by atoms with E-state index in [0.29, 0.717) is 19.6 Å². The van der Waals surface area contributed by atoms with E-state index in [0.717, 1.165) is 6.54 Å². The number of hydrogen-bond acceptors (Lipinski definition) is 3. The van der Waals surface area contributed by atoms with E-state index < -0.39 is 0 Å². The van der Waals surface area contributed by atoms with Gasteiger partial charge in [0, 0.05) is 26.1 Å². The molecule has 1 aliphatic heterocycles. The Morgan fingerprint density at radius 3 is 2.77 bits per heavy atom. The molecule has 13 heavy (non-hydrogen) atoms. The molecule has 1 aliphatic rings. The normalized spacial score (nSPS) is 19.2. The predicted molar refractivity (Wildman–Crippen MR) is 47.9 cm³/mol. The van der Waals surface area contributed by atoms with Crippen molar-refractivity contribution in [2.24, 2.45) is 5.73 Å². The molecule has 2 amide bonds. The molecule has 0 aliphatic carbocycles. The molecule has 0 atom stereocenters. The molecular weight excluding hydrogens is 170 g/mol. The number of hydrogen-bond donors (Lipinski definition) is 1. The number of nitrogens with two attached hydrogens (primary N) is 1. The lowest BCUT2D eigenvalue weighted by Crippen LogP contribution is -2.49. The highest BCUT2D eigenvalue weighted by Gasteiger charge is 2.20. The molecule has 0 bridgehead atoms. The van der Waals surface area contributed by atoms with E-state index in [2.05, 4.69) is 0 Å². The molecule has 74 valence electrons. The summed E-state index contributed by atoms with van der Waals surface area (Å²) in [5, 5.41) is 0. The van der Waals surface area contributed by atoms with Crippen LogP contribution >= 0.6 is 0 Å². The van der Waals surface area contributed by atoms with Crippen molar-refractivity contribution < 1.29 is 9.59 Å². The molecule has 0 unspecified atom stereocenters. The van der Waals surface area contributed by atoms with Gasteiger partial charge < -0.3 is 10.6 Å². The summed E-state index contributed by atoms with van der Waals surface area (Å²) in [6.07, 6.45) is 0.259. The van der Waals surface area contributed by atoms with Gasteiger partial charge in [-0.15, -0.1) is 0 Å². The monoisotopic (exact) mass is 185 g/mol. The summed E-state index contributed by atoms with van der Waals surface area (Å²) in [5.41, 5.74) is 5.00. The van der Waals surface area contributed by atoms with Crippen LogP contribution in [0.1, 0.15) is 6.42 Å². The zero-order chi connectivity index (χ0) is 9.84. The number of likely N-dealkylation sites (N-methyl/N-ethyl adjacent to an activating group) is 1. The van der Waals surface area contributed by atoms with Crippen LogP contribution in [0.4, 0.5) is 0 Å². The molecule has 1 fully saturated rings. The summed E-state index contributed by atoms with van der Waals surface area (Å²) in [7, 11) is 1.91. The van der Waals surface area contributed by atoms with Crippen molar-refractivity contribution in [3.05, 3.63) is 0 Å². The molecule has 5 heteroatoms. The van der Waals surface area contributed by atoms with Crippen LogP contribution in [0.5, 0.6) is 0 Å². The molecule has 0 saturated carbocycles. The fourth-order valence-electron chi connectivity index (χ4n) is 1.31. The Morgan fingerprint density at radius 2 is 2.23 bits per heavy atom. The van der Waals surface area contributed by atoms with E-state index in [1.807, 2.05) is 11.9 Å². The number of nitrogens with zero attached hydrogens (tertiary/aromatic N) is 2. The van der Waals surface area contributed by atoms with Crippen molar-refractivity contribution in [2.75, 3.05) is 33.2 Å². The van der Waals surface area contributed by atoms with Gasteiger partial charge in [0.1, 0.15) is 0 Å². The van der Waals surface area contributed by atoms with Crippen LogP contribution in [-0.4, -0.2) is 54.8 Å². The van der Waals surface area contributed by atoms with E-state index in [1.54, 1.807) is 4.90 Å². The van der Waals surface area contributed by atoms with Crippen LogP contribution in [-0.2, 0) is 9.59 Å². The van der Waals surface area contributed by atoms with Crippen LogP contribution in [0.15, 0.2) is 0 Å². The fraction of sp³-hybridized carbons (Fsp3) is 0.750. The lowest BCUT2D eigenvalue weighted by Gasteiger charge is -2.31. The molecular formula is C8H15N3O2. The summed E-state index contributed by atoms with van der Waals surface area (Å²) in [6, 6.07) is 0. The molecule has 0 aromatic heterocycles. The molecule has 0 aromatic rings. The average Bonchev–Trinajstić information content (AvgIpc) is 2.02. The second-order valence-electron chi connectivity index (χ2n) is 3.33. The Balaban J connectivity index is 2.34. The maximum absolute atomic E-state index is 11.3. The Kier molecular flexibility index (Phi) is 3.25. The van der Waals surface area contributed by atoms with Gasteiger partial charge in [-0.25, -0.2) is 0 Å². The molecule has 0 spiro atoms. The highest BCUT2D eigenvalue weighted by molar-refractivity contribution is 5.80. The van der Waals surface area contributed by atoms with Gasteiger partial charge in [0.15, 0.2) is 0 Å². The number of piperazine rings is 1. The zero-order valence-electron chi connectivity index (χ0n) is 7.82. The molecule has 5 nitrogen and oxygen atoms in total. The minimum absolute atomic E-state index is 0.0787. The quantitative estimate of drug-likeness (QED) is 0.590. The Labute approximate surface area is 77.5 Å². The van der Waals surface area contributed by atoms with E-state index in [-0.39, 0.29) is 18.2 Å². The standard InChI is InChI=1S/C8H15N3O2/c1-10-4-5-11(8(13)6-10)3-2-7(9)12/h2-6H2,1H3,(H2,9,12). The first-order chi connectivity index (χ1) is 6.09. The largest absolute Gasteiger partial charge is 0.370 e. The topological polar surface area (TPSA) is 66.6 Å². The second-order valence-corrected chi connectivity index (χ2v) is 3.33. The number of carbonyl (C=O) groups excluding carboxylic acids is 2. The van der Waals surface area contributed by atoms with E-state index >= 15 is 0 Å².